The molecule has 0 aliphatic heterocycles. The number of hydrogen-bond acceptors (Lipinski definition) is 4. The van der Waals surface area contributed by atoms with Crippen molar-refractivity contribution in [1.29, 1.82) is 0 Å². The Bertz CT molecular complexity index is 676. The molecule has 0 amide bonds. The van der Waals surface area contributed by atoms with E-state index < -0.39 is 11.8 Å². The number of hydrogen-bond donors (Lipinski definition) is 1. The summed E-state index contributed by atoms with van der Waals surface area (Å²) >= 11 is 5.77. The van der Waals surface area contributed by atoms with Gasteiger partial charge in [-0.2, -0.15) is 0 Å². The van der Waals surface area contributed by atoms with E-state index in [1.165, 1.54) is 43.5 Å². The molecule has 2 N–H and O–H groups in total. The van der Waals surface area contributed by atoms with Crippen molar-refractivity contribution < 1.29 is 18.7 Å². The molecule has 2 aromatic rings. The van der Waals surface area contributed by atoms with E-state index in [9.17, 15) is 9.18 Å². The van der Waals surface area contributed by atoms with Crippen molar-refractivity contribution in [2.75, 3.05) is 12.8 Å². The van der Waals surface area contributed by atoms with E-state index in [2.05, 4.69) is 0 Å². The van der Waals surface area contributed by atoms with Gasteiger partial charge in [0.05, 0.1) is 18.4 Å². The third kappa shape index (κ3) is 3.64. The molecule has 0 atom stereocenters. The maximum absolute atomic E-state index is 13.5. The SMILES string of the molecule is COc1cc(C(=O)OCc2cc(Cl)ccc2F)ccc1N. The van der Waals surface area contributed by atoms with Gasteiger partial charge in [-0.25, -0.2) is 9.18 Å². The van der Waals surface area contributed by atoms with Crippen LogP contribution in [-0.2, 0) is 11.3 Å². The Hall–Kier alpha value is -2.27. The average Bonchev–Trinajstić information content (AvgIpc) is 2.48. The summed E-state index contributed by atoms with van der Waals surface area (Å²) in [7, 11) is 1.45. The zero-order valence-electron chi connectivity index (χ0n) is 11.2. The van der Waals surface area contributed by atoms with Gasteiger partial charge in [0.2, 0.25) is 0 Å². The number of anilines is 1. The molecule has 0 saturated carbocycles. The van der Waals surface area contributed by atoms with Crippen LogP contribution in [0.25, 0.3) is 0 Å². The number of nitrogen functional groups attached to an aromatic ring is 1. The predicted octanol–water partition coefficient (Wildman–Crippen LogP) is 3.43. The Balaban J connectivity index is 2.10. The molecule has 0 fully saturated rings. The molecule has 110 valence electrons. The molecular formula is C15H13ClFNO3. The van der Waals surface area contributed by atoms with E-state index in [0.29, 0.717) is 16.5 Å². The molecular weight excluding hydrogens is 297 g/mol. The van der Waals surface area contributed by atoms with Gasteiger partial charge in [-0.1, -0.05) is 11.6 Å². The van der Waals surface area contributed by atoms with E-state index in [4.69, 9.17) is 26.8 Å². The first-order chi connectivity index (χ1) is 10.0. The van der Waals surface area contributed by atoms with E-state index in [1.54, 1.807) is 0 Å². The van der Waals surface area contributed by atoms with Crippen LogP contribution >= 0.6 is 11.6 Å². The van der Waals surface area contributed by atoms with Crippen molar-refractivity contribution in [3.63, 3.8) is 0 Å². The Morgan fingerprint density at radius 3 is 2.76 bits per heavy atom. The number of ether oxygens (including phenoxy) is 2. The van der Waals surface area contributed by atoms with Gasteiger partial charge in [0, 0.05) is 10.6 Å². The highest BCUT2D eigenvalue weighted by atomic mass is 35.5. The molecule has 0 saturated heterocycles. The average molecular weight is 310 g/mol. The number of esters is 1. The summed E-state index contributed by atoms with van der Waals surface area (Å²) in [5.74, 6) is -0.715. The summed E-state index contributed by atoms with van der Waals surface area (Å²) in [6.07, 6.45) is 0. The molecule has 21 heavy (non-hydrogen) atoms. The zero-order chi connectivity index (χ0) is 15.4. The largest absolute Gasteiger partial charge is 0.495 e. The molecule has 4 nitrogen and oxygen atoms in total. The van der Waals surface area contributed by atoms with Crippen LogP contribution in [0.2, 0.25) is 5.02 Å². The summed E-state index contributed by atoms with van der Waals surface area (Å²) in [6.45, 7) is -0.210. The van der Waals surface area contributed by atoms with Crippen LogP contribution in [0.4, 0.5) is 10.1 Å². The second-order valence-corrected chi connectivity index (χ2v) is 4.71. The summed E-state index contributed by atoms with van der Waals surface area (Å²) in [6, 6.07) is 8.56. The van der Waals surface area contributed by atoms with Crippen molar-refractivity contribution in [2.45, 2.75) is 6.61 Å². The normalized spacial score (nSPS) is 10.2. The molecule has 0 aliphatic rings. The first-order valence-corrected chi connectivity index (χ1v) is 6.43. The summed E-state index contributed by atoms with van der Waals surface area (Å²) in [5.41, 5.74) is 6.55. The van der Waals surface area contributed by atoms with Gasteiger partial charge >= 0.3 is 5.97 Å². The fourth-order valence-corrected chi connectivity index (χ4v) is 1.91. The molecule has 0 heterocycles. The van der Waals surface area contributed by atoms with E-state index in [1.807, 2.05) is 0 Å². The maximum Gasteiger partial charge on any atom is 0.338 e. The van der Waals surface area contributed by atoms with Crippen molar-refractivity contribution in [1.82, 2.24) is 0 Å². The molecule has 0 spiro atoms. The Morgan fingerprint density at radius 2 is 2.05 bits per heavy atom. The van der Waals surface area contributed by atoms with Crippen molar-refractivity contribution in [2.24, 2.45) is 0 Å². The fraction of sp³-hybridized carbons (Fsp3) is 0.133. The van der Waals surface area contributed by atoms with Gasteiger partial charge < -0.3 is 15.2 Å². The lowest BCUT2D eigenvalue weighted by molar-refractivity contribution is 0.0468. The van der Waals surface area contributed by atoms with E-state index in [0.717, 1.165) is 0 Å². The third-order valence-corrected chi connectivity index (χ3v) is 3.07. The quantitative estimate of drug-likeness (QED) is 0.694. The molecule has 0 radical (unpaired) electrons. The van der Waals surface area contributed by atoms with Gasteiger partial charge in [-0.3, -0.25) is 0 Å². The fourth-order valence-electron chi connectivity index (χ4n) is 1.72. The highest BCUT2D eigenvalue weighted by molar-refractivity contribution is 6.30. The summed E-state index contributed by atoms with van der Waals surface area (Å²) in [4.78, 5) is 11.9. The second-order valence-electron chi connectivity index (χ2n) is 4.27. The number of methoxy groups -OCH3 is 1. The molecule has 0 aromatic heterocycles. The van der Waals surface area contributed by atoms with Gasteiger partial charge in [-0.05, 0) is 36.4 Å². The summed E-state index contributed by atoms with van der Waals surface area (Å²) < 4.78 is 23.6. The van der Waals surface area contributed by atoms with Crippen molar-refractivity contribution in [3.05, 3.63) is 58.4 Å². The number of carbonyl (C=O) groups is 1. The van der Waals surface area contributed by atoms with Gasteiger partial charge in [0.1, 0.15) is 18.2 Å². The number of benzene rings is 2. The first-order valence-electron chi connectivity index (χ1n) is 6.06. The minimum absolute atomic E-state index is 0.207. The van der Waals surface area contributed by atoms with Crippen molar-refractivity contribution >= 4 is 23.3 Å². The van der Waals surface area contributed by atoms with Crippen LogP contribution in [0, 0.1) is 5.82 Å². The second kappa shape index (κ2) is 6.45. The van der Waals surface area contributed by atoms with Crippen molar-refractivity contribution in [3.8, 4) is 5.75 Å². The van der Waals surface area contributed by atoms with Gasteiger partial charge in [0.15, 0.2) is 0 Å². The minimum atomic E-state index is -0.604. The van der Waals surface area contributed by atoms with Crippen LogP contribution in [0.3, 0.4) is 0 Å². The molecule has 2 aromatic carbocycles. The first kappa shape index (κ1) is 15.1. The third-order valence-electron chi connectivity index (χ3n) is 2.84. The van der Waals surface area contributed by atoms with Gasteiger partial charge in [-0.15, -0.1) is 0 Å². The number of rotatable bonds is 4. The maximum atomic E-state index is 13.5. The standard InChI is InChI=1S/C15H13ClFNO3/c1-20-14-7-9(2-5-13(14)18)15(19)21-8-10-6-11(16)3-4-12(10)17/h2-7H,8,18H2,1H3. The Kier molecular flexibility index (Phi) is 4.65. The molecule has 6 heteroatoms. The number of carbonyl (C=O) groups excluding carboxylic acids is 1. The number of nitrogens with two attached hydrogens (primary N) is 1. The van der Waals surface area contributed by atoms with Crippen LogP contribution < -0.4 is 10.5 Å². The summed E-state index contributed by atoms with van der Waals surface area (Å²) in [5, 5.41) is 0.372. The molecule has 0 bridgehead atoms. The minimum Gasteiger partial charge on any atom is -0.495 e. The van der Waals surface area contributed by atoms with E-state index >= 15 is 0 Å². The highest BCUT2D eigenvalue weighted by Crippen LogP contribution is 2.23. The lowest BCUT2D eigenvalue weighted by atomic mass is 10.2. The van der Waals surface area contributed by atoms with Crippen LogP contribution in [0.1, 0.15) is 15.9 Å². The Labute approximate surface area is 126 Å². The lowest BCUT2D eigenvalue weighted by Crippen LogP contribution is -2.07. The molecule has 2 rings (SSSR count). The molecule has 0 unspecified atom stereocenters. The highest BCUT2D eigenvalue weighted by Gasteiger charge is 2.12. The van der Waals surface area contributed by atoms with Crippen LogP contribution in [0.15, 0.2) is 36.4 Å². The number of halogens is 2. The van der Waals surface area contributed by atoms with Crippen LogP contribution in [0.5, 0.6) is 5.75 Å². The predicted molar refractivity (Wildman–Crippen MR) is 77.9 cm³/mol. The smallest absolute Gasteiger partial charge is 0.338 e. The lowest BCUT2D eigenvalue weighted by Gasteiger charge is -2.09. The zero-order valence-corrected chi connectivity index (χ0v) is 12.0. The Morgan fingerprint density at radius 1 is 1.29 bits per heavy atom. The molecule has 0 aliphatic carbocycles. The van der Waals surface area contributed by atoms with E-state index in [-0.39, 0.29) is 17.7 Å². The van der Waals surface area contributed by atoms with Crippen LogP contribution in [-0.4, -0.2) is 13.1 Å². The monoisotopic (exact) mass is 309 g/mol. The van der Waals surface area contributed by atoms with Gasteiger partial charge in [0.25, 0.3) is 0 Å². The topological polar surface area (TPSA) is 61.5 Å².